The van der Waals surface area contributed by atoms with Crippen LogP contribution in [0.5, 0.6) is 0 Å². The topological polar surface area (TPSA) is 84.5 Å². The van der Waals surface area contributed by atoms with Crippen molar-refractivity contribution in [2.75, 3.05) is 11.9 Å². The maximum atomic E-state index is 13.0. The molecule has 6 nitrogen and oxygen atoms in total. The van der Waals surface area contributed by atoms with Crippen molar-refractivity contribution in [2.24, 2.45) is 0 Å². The Morgan fingerprint density at radius 1 is 1.00 bits per heavy atom. The number of hydrogen-bond donors (Lipinski definition) is 2. The number of rotatable bonds is 8. The standard InChI is InChI=1S/C23H21ClN2O4S/c1-2-16-12-18(21(28)17-10-6-7-11-19(17)24)22(31-16)26-20(27)13-25-23(29)30-14-15-8-4-3-5-9-15/h3-12H,2,13-14H2,1H3,(H,25,29)(H,26,27). The van der Waals surface area contributed by atoms with Gasteiger partial charge in [0.1, 0.15) is 18.2 Å². The van der Waals surface area contributed by atoms with Gasteiger partial charge >= 0.3 is 6.09 Å². The number of hydrogen-bond acceptors (Lipinski definition) is 5. The minimum Gasteiger partial charge on any atom is -0.445 e. The smallest absolute Gasteiger partial charge is 0.407 e. The molecule has 0 unspecified atom stereocenters. The summed E-state index contributed by atoms with van der Waals surface area (Å²) in [4.78, 5) is 38.1. The first kappa shape index (κ1) is 22.5. The fraction of sp³-hybridized carbons (Fsp3) is 0.174. The quantitative estimate of drug-likeness (QED) is 0.464. The van der Waals surface area contributed by atoms with Gasteiger partial charge in [-0.05, 0) is 30.2 Å². The molecule has 2 aromatic carbocycles. The second-order valence-corrected chi connectivity index (χ2v) is 8.13. The highest BCUT2D eigenvalue weighted by Crippen LogP contribution is 2.32. The van der Waals surface area contributed by atoms with Crippen molar-refractivity contribution in [3.05, 3.63) is 87.3 Å². The summed E-state index contributed by atoms with van der Waals surface area (Å²) in [5, 5.41) is 5.89. The maximum absolute atomic E-state index is 13.0. The lowest BCUT2D eigenvalue weighted by Gasteiger charge is -2.09. The van der Waals surface area contributed by atoms with Crippen LogP contribution in [0.25, 0.3) is 0 Å². The fourth-order valence-corrected chi connectivity index (χ4v) is 4.00. The molecule has 0 radical (unpaired) electrons. The lowest BCUT2D eigenvalue weighted by Crippen LogP contribution is -2.33. The Labute approximate surface area is 189 Å². The van der Waals surface area contributed by atoms with Gasteiger partial charge in [-0.2, -0.15) is 0 Å². The summed E-state index contributed by atoms with van der Waals surface area (Å²) in [5.74, 6) is -0.735. The van der Waals surface area contributed by atoms with Crippen LogP contribution < -0.4 is 10.6 Å². The van der Waals surface area contributed by atoms with E-state index in [1.165, 1.54) is 11.3 Å². The van der Waals surface area contributed by atoms with Crippen molar-refractivity contribution in [2.45, 2.75) is 20.0 Å². The summed E-state index contributed by atoms with van der Waals surface area (Å²) in [7, 11) is 0. The summed E-state index contributed by atoms with van der Waals surface area (Å²) in [6.07, 6.45) is 0.0136. The maximum Gasteiger partial charge on any atom is 0.407 e. The lowest BCUT2D eigenvalue weighted by atomic mass is 10.0. The number of amides is 2. The summed E-state index contributed by atoms with van der Waals surface area (Å²) in [6, 6.07) is 17.7. The number of thiophene rings is 1. The van der Waals surface area contributed by atoms with Gasteiger partial charge in [0.15, 0.2) is 5.78 Å². The van der Waals surface area contributed by atoms with Crippen molar-refractivity contribution in [1.29, 1.82) is 0 Å². The number of carbonyl (C=O) groups excluding carboxylic acids is 3. The van der Waals surface area contributed by atoms with Crippen LogP contribution in [0.1, 0.15) is 33.3 Å². The van der Waals surface area contributed by atoms with E-state index in [1.807, 2.05) is 37.3 Å². The van der Waals surface area contributed by atoms with Gasteiger partial charge in [0, 0.05) is 10.4 Å². The van der Waals surface area contributed by atoms with Crippen LogP contribution in [0, 0.1) is 0 Å². The summed E-state index contributed by atoms with van der Waals surface area (Å²) in [6.45, 7) is 1.79. The zero-order valence-electron chi connectivity index (χ0n) is 16.8. The van der Waals surface area contributed by atoms with Gasteiger partial charge in [-0.15, -0.1) is 11.3 Å². The van der Waals surface area contributed by atoms with Gasteiger partial charge < -0.3 is 15.4 Å². The average Bonchev–Trinajstić information content (AvgIpc) is 3.19. The number of halogens is 1. The third-order valence-corrected chi connectivity index (χ3v) is 5.88. The molecule has 2 amide bonds. The van der Waals surface area contributed by atoms with Gasteiger partial charge in [-0.3, -0.25) is 9.59 Å². The molecular weight excluding hydrogens is 436 g/mol. The molecule has 0 saturated carbocycles. The van der Waals surface area contributed by atoms with Gasteiger partial charge in [0.2, 0.25) is 5.91 Å². The third kappa shape index (κ3) is 6.16. The van der Waals surface area contributed by atoms with Crippen LogP contribution in [0.2, 0.25) is 5.02 Å². The fourth-order valence-electron chi connectivity index (χ4n) is 2.77. The van der Waals surface area contributed by atoms with Crippen molar-refractivity contribution in [3.8, 4) is 0 Å². The van der Waals surface area contributed by atoms with Crippen LogP contribution in [0.3, 0.4) is 0 Å². The molecule has 1 heterocycles. The highest BCUT2D eigenvalue weighted by atomic mass is 35.5. The molecule has 0 fully saturated rings. The summed E-state index contributed by atoms with van der Waals surface area (Å²) >= 11 is 7.48. The minimum atomic E-state index is -0.702. The van der Waals surface area contributed by atoms with E-state index < -0.39 is 12.0 Å². The predicted octanol–water partition coefficient (Wildman–Crippen LogP) is 5.06. The van der Waals surface area contributed by atoms with Crippen molar-refractivity contribution in [1.82, 2.24) is 5.32 Å². The minimum absolute atomic E-state index is 0.107. The molecule has 3 aromatic rings. The number of benzene rings is 2. The van der Waals surface area contributed by atoms with E-state index >= 15 is 0 Å². The van der Waals surface area contributed by atoms with Gasteiger partial charge in [0.05, 0.1) is 10.6 Å². The molecule has 0 saturated heterocycles. The second kappa shape index (κ2) is 10.7. The van der Waals surface area contributed by atoms with E-state index in [4.69, 9.17) is 16.3 Å². The van der Waals surface area contributed by atoms with Crippen molar-refractivity contribution >= 4 is 45.7 Å². The number of ketones is 1. The van der Waals surface area contributed by atoms with E-state index in [0.717, 1.165) is 10.4 Å². The summed E-state index contributed by atoms with van der Waals surface area (Å²) < 4.78 is 5.09. The normalized spacial score (nSPS) is 10.4. The number of anilines is 1. The van der Waals surface area contributed by atoms with E-state index in [9.17, 15) is 14.4 Å². The predicted molar refractivity (Wildman–Crippen MR) is 122 cm³/mol. The molecule has 0 aliphatic rings. The monoisotopic (exact) mass is 456 g/mol. The van der Waals surface area contributed by atoms with E-state index in [2.05, 4.69) is 10.6 Å². The number of alkyl carbamates (subject to hydrolysis) is 1. The molecule has 0 aliphatic carbocycles. The zero-order valence-corrected chi connectivity index (χ0v) is 18.4. The van der Waals surface area contributed by atoms with Gasteiger partial charge in [-0.25, -0.2) is 4.79 Å². The molecule has 31 heavy (non-hydrogen) atoms. The molecule has 3 rings (SSSR count). The number of carbonyl (C=O) groups is 3. The van der Waals surface area contributed by atoms with Crippen LogP contribution >= 0.6 is 22.9 Å². The van der Waals surface area contributed by atoms with Crippen LogP contribution in [0.4, 0.5) is 9.80 Å². The summed E-state index contributed by atoms with van der Waals surface area (Å²) in [5.41, 5.74) is 1.58. The van der Waals surface area contributed by atoms with E-state index in [1.54, 1.807) is 30.3 Å². The molecular formula is C23H21ClN2O4S. The van der Waals surface area contributed by atoms with E-state index in [-0.39, 0.29) is 18.9 Å². The largest absolute Gasteiger partial charge is 0.445 e. The number of ether oxygens (including phenoxy) is 1. The number of nitrogens with one attached hydrogen (secondary N) is 2. The Hall–Kier alpha value is -3.16. The Bertz CT molecular complexity index is 1080. The van der Waals surface area contributed by atoms with E-state index in [0.29, 0.717) is 27.6 Å². The Morgan fingerprint density at radius 3 is 2.42 bits per heavy atom. The van der Waals surface area contributed by atoms with Crippen molar-refractivity contribution < 1.29 is 19.1 Å². The first-order chi connectivity index (χ1) is 15.0. The SMILES string of the molecule is CCc1cc(C(=O)c2ccccc2Cl)c(NC(=O)CNC(=O)OCc2ccccc2)s1. The van der Waals surface area contributed by atoms with Crippen molar-refractivity contribution in [3.63, 3.8) is 0 Å². The van der Waals surface area contributed by atoms with Crippen LogP contribution in [-0.4, -0.2) is 24.3 Å². The molecule has 0 bridgehead atoms. The Morgan fingerprint density at radius 2 is 1.71 bits per heavy atom. The first-order valence-electron chi connectivity index (χ1n) is 9.64. The Balaban J connectivity index is 1.60. The average molecular weight is 457 g/mol. The van der Waals surface area contributed by atoms with Gasteiger partial charge in [0.25, 0.3) is 0 Å². The second-order valence-electron chi connectivity index (χ2n) is 6.58. The molecule has 0 aliphatic heterocycles. The molecule has 0 spiro atoms. The lowest BCUT2D eigenvalue weighted by molar-refractivity contribution is -0.115. The highest BCUT2D eigenvalue weighted by molar-refractivity contribution is 7.16. The molecule has 1 aromatic heterocycles. The molecule has 160 valence electrons. The zero-order chi connectivity index (χ0) is 22.2. The van der Waals surface area contributed by atoms with Crippen LogP contribution in [-0.2, 0) is 22.6 Å². The highest BCUT2D eigenvalue weighted by Gasteiger charge is 2.21. The number of aryl methyl sites for hydroxylation is 1. The molecule has 2 N–H and O–H groups in total. The molecule has 8 heteroatoms. The van der Waals surface area contributed by atoms with Crippen LogP contribution in [0.15, 0.2) is 60.7 Å². The first-order valence-corrected chi connectivity index (χ1v) is 10.8. The molecule has 0 atom stereocenters. The third-order valence-electron chi connectivity index (χ3n) is 4.35. The Kier molecular flexibility index (Phi) is 7.81. The van der Waals surface area contributed by atoms with Gasteiger partial charge in [-0.1, -0.05) is 61.0 Å².